The first-order valence-corrected chi connectivity index (χ1v) is 7.28. The summed E-state index contributed by atoms with van der Waals surface area (Å²) in [5.74, 6) is -0.454. The smallest absolute Gasteiger partial charge is 0.314 e. The van der Waals surface area contributed by atoms with Crippen LogP contribution in [0.2, 0.25) is 0 Å². The van der Waals surface area contributed by atoms with Crippen LogP contribution >= 0.6 is 0 Å². The number of methoxy groups -OCH3 is 2. The first kappa shape index (κ1) is 19.7. The molecule has 0 aromatic heterocycles. The summed E-state index contributed by atoms with van der Waals surface area (Å²) in [6, 6.07) is -0.249. The number of carbonyl (C=O) groups is 2. The summed E-state index contributed by atoms with van der Waals surface area (Å²) in [5, 5.41) is 14.1. The van der Waals surface area contributed by atoms with E-state index in [0.29, 0.717) is 32.0 Å². The third-order valence-corrected chi connectivity index (χ3v) is 3.36. The molecule has 2 unspecified atom stereocenters. The molecule has 3 N–H and O–H groups in total. The number of ether oxygens (including phenoxy) is 2. The molecule has 7 nitrogen and oxygen atoms in total. The molecule has 7 heteroatoms. The van der Waals surface area contributed by atoms with Crippen LogP contribution in [0.25, 0.3) is 0 Å². The number of aliphatic carboxylic acids is 1. The minimum absolute atomic E-state index is 0.167. The molecule has 0 aromatic carbocycles. The number of urea groups is 1. The molecule has 0 aliphatic heterocycles. The van der Waals surface area contributed by atoms with Crippen LogP contribution in [0.15, 0.2) is 0 Å². The quantitative estimate of drug-likeness (QED) is 0.504. The largest absolute Gasteiger partial charge is 0.481 e. The van der Waals surface area contributed by atoms with Gasteiger partial charge in [0.05, 0.1) is 12.7 Å². The number of nitrogens with one attached hydrogen (secondary N) is 2. The van der Waals surface area contributed by atoms with Crippen molar-refractivity contribution in [1.82, 2.24) is 10.6 Å². The Morgan fingerprint density at radius 3 is 2.43 bits per heavy atom. The van der Waals surface area contributed by atoms with Crippen LogP contribution in [-0.4, -0.2) is 57.1 Å². The average Bonchev–Trinajstić information content (AvgIpc) is 2.46. The van der Waals surface area contributed by atoms with Gasteiger partial charge < -0.3 is 25.2 Å². The summed E-state index contributed by atoms with van der Waals surface area (Å²) in [7, 11) is 3.14. The second-order valence-corrected chi connectivity index (χ2v) is 4.95. The number of rotatable bonds is 12. The molecule has 0 saturated carbocycles. The van der Waals surface area contributed by atoms with Crippen molar-refractivity contribution in [2.24, 2.45) is 5.92 Å². The minimum atomic E-state index is -0.775. The zero-order chi connectivity index (χ0) is 16.1. The van der Waals surface area contributed by atoms with E-state index in [0.717, 1.165) is 12.8 Å². The minimum Gasteiger partial charge on any atom is -0.481 e. The Bertz CT molecular complexity index is 299. The second kappa shape index (κ2) is 12.4. The Labute approximate surface area is 126 Å². The summed E-state index contributed by atoms with van der Waals surface area (Å²) in [6.07, 6.45) is 2.35. The highest BCUT2D eigenvalue weighted by Gasteiger charge is 2.11. The summed E-state index contributed by atoms with van der Waals surface area (Å²) in [6.45, 7) is 3.36. The van der Waals surface area contributed by atoms with E-state index >= 15 is 0 Å². The number of hydrogen-bond acceptors (Lipinski definition) is 4. The summed E-state index contributed by atoms with van der Waals surface area (Å²) in [5.41, 5.74) is 0. The first-order chi connectivity index (χ1) is 10.0. The lowest BCUT2D eigenvalue weighted by Crippen LogP contribution is -2.42. The normalized spacial score (nSPS) is 13.5. The Kier molecular flexibility index (Phi) is 11.6. The average molecular weight is 304 g/mol. The number of hydrogen-bond donors (Lipinski definition) is 3. The molecule has 2 amide bonds. The Morgan fingerprint density at radius 2 is 1.90 bits per heavy atom. The number of carbonyl (C=O) groups excluding carboxylic acids is 1. The fourth-order valence-corrected chi connectivity index (χ4v) is 1.94. The topological polar surface area (TPSA) is 96.9 Å². The number of carboxylic acid groups (broad SMARTS) is 1. The predicted molar refractivity (Wildman–Crippen MR) is 79.3 cm³/mol. The number of carboxylic acids is 1. The van der Waals surface area contributed by atoms with Gasteiger partial charge in [-0.2, -0.15) is 0 Å². The maximum Gasteiger partial charge on any atom is 0.314 e. The van der Waals surface area contributed by atoms with E-state index in [1.807, 2.05) is 6.92 Å². The van der Waals surface area contributed by atoms with Gasteiger partial charge in [0, 0.05) is 33.7 Å². The molecule has 0 heterocycles. The Balaban J connectivity index is 3.78. The molecule has 124 valence electrons. The molecule has 0 rings (SSSR count). The van der Waals surface area contributed by atoms with Crippen LogP contribution in [-0.2, 0) is 14.3 Å². The summed E-state index contributed by atoms with van der Waals surface area (Å²) >= 11 is 0. The monoisotopic (exact) mass is 304 g/mol. The Morgan fingerprint density at radius 1 is 1.19 bits per heavy atom. The maximum absolute atomic E-state index is 11.6. The van der Waals surface area contributed by atoms with Crippen molar-refractivity contribution in [3.05, 3.63) is 0 Å². The summed E-state index contributed by atoms with van der Waals surface area (Å²) < 4.78 is 10.1. The van der Waals surface area contributed by atoms with Gasteiger partial charge in [0.1, 0.15) is 0 Å². The van der Waals surface area contributed by atoms with Crippen molar-refractivity contribution in [3.63, 3.8) is 0 Å². The summed E-state index contributed by atoms with van der Waals surface area (Å²) in [4.78, 5) is 22.1. The van der Waals surface area contributed by atoms with Gasteiger partial charge in [-0.25, -0.2) is 4.79 Å². The first-order valence-electron chi connectivity index (χ1n) is 7.28. The van der Waals surface area contributed by atoms with Gasteiger partial charge in [-0.05, 0) is 18.8 Å². The van der Waals surface area contributed by atoms with Gasteiger partial charge in [0.15, 0.2) is 0 Å². The van der Waals surface area contributed by atoms with Crippen molar-refractivity contribution >= 4 is 12.0 Å². The van der Waals surface area contributed by atoms with Crippen LogP contribution < -0.4 is 10.6 Å². The highest BCUT2D eigenvalue weighted by molar-refractivity contribution is 5.73. The van der Waals surface area contributed by atoms with E-state index in [2.05, 4.69) is 10.6 Å². The van der Waals surface area contributed by atoms with Gasteiger partial charge in [0.25, 0.3) is 0 Å². The van der Waals surface area contributed by atoms with E-state index in [-0.39, 0.29) is 18.6 Å². The Hall–Kier alpha value is -1.34. The molecule has 0 aromatic rings. The van der Waals surface area contributed by atoms with Gasteiger partial charge >= 0.3 is 12.0 Å². The highest BCUT2D eigenvalue weighted by atomic mass is 16.5. The van der Waals surface area contributed by atoms with Crippen molar-refractivity contribution in [1.29, 1.82) is 0 Å². The van der Waals surface area contributed by atoms with Gasteiger partial charge in [-0.15, -0.1) is 0 Å². The second-order valence-electron chi connectivity index (χ2n) is 4.95. The molecule has 2 atom stereocenters. The SMILES string of the molecule is CCC(CCNC(=O)NCC(COC)OC)CCC(=O)O. The molecule has 0 aliphatic carbocycles. The third kappa shape index (κ3) is 11.0. The standard InChI is InChI=1S/C14H28N2O5/c1-4-11(5-6-13(17)18)7-8-15-14(19)16-9-12(21-3)10-20-2/h11-12H,4-10H2,1-3H3,(H,17,18)(H2,15,16,19). The molecular formula is C14H28N2O5. The van der Waals surface area contributed by atoms with Crippen molar-refractivity contribution in [2.75, 3.05) is 33.9 Å². The third-order valence-electron chi connectivity index (χ3n) is 3.36. The van der Waals surface area contributed by atoms with Crippen LogP contribution in [0.5, 0.6) is 0 Å². The van der Waals surface area contributed by atoms with Crippen molar-refractivity contribution in [3.8, 4) is 0 Å². The van der Waals surface area contributed by atoms with Crippen molar-refractivity contribution in [2.45, 2.75) is 38.7 Å². The molecule has 21 heavy (non-hydrogen) atoms. The van der Waals surface area contributed by atoms with E-state index in [4.69, 9.17) is 14.6 Å². The van der Waals surface area contributed by atoms with E-state index in [1.54, 1.807) is 14.2 Å². The highest BCUT2D eigenvalue weighted by Crippen LogP contribution is 2.14. The molecule has 0 saturated heterocycles. The van der Waals surface area contributed by atoms with Crippen LogP contribution in [0.1, 0.15) is 32.6 Å². The van der Waals surface area contributed by atoms with E-state index in [1.165, 1.54) is 0 Å². The van der Waals surface area contributed by atoms with E-state index in [9.17, 15) is 9.59 Å². The maximum atomic E-state index is 11.6. The zero-order valence-corrected chi connectivity index (χ0v) is 13.2. The van der Waals surface area contributed by atoms with Gasteiger partial charge in [0.2, 0.25) is 0 Å². The van der Waals surface area contributed by atoms with Crippen LogP contribution in [0.4, 0.5) is 4.79 Å². The molecule has 0 aliphatic rings. The number of amides is 2. The lowest BCUT2D eigenvalue weighted by molar-refractivity contribution is -0.137. The van der Waals surface area contributed by atoms with Crippen LogP contribution in [0.3, 0.4) is 0 Å². The molecule has 0 radical (unpaired) electrons. The molecule has 0 bridgehead atoms. The van der Waals surface area contributed by atoms with E-state index < -0.39 is 5.97 Å². The van der Waals surface area contributed by atoms with Gasteiger partial charge in [-0.3, -0.25) is 4.79 Å². The fourth-order valence-electron chi connectivity index (χ4n) is 1.94. The van der Waals surface area contributed by atoms with Crippen molar-refractivity contribution < 1.29 is 24.2 Å². The van der Waals surface area contributed by atoms with Crippen LogP contribution in [0, 0.1) is 5.92 Å². The molecular weight excluding hydrogens is 276 g/mol. The zero-order valence-electron chi connectivity index (χ0n) is 13.2. The molecule has 0 spiro atoms. The predicted octanol–water partition coefficient (Wildman–Crippen LogP) is 1.23. The van der Waals surface area contributed by atoms with Gasteiger partial charge in [-0.1, -0.05) is 13.3 Å². The molecule has 0 fully saturated rings. The lowest BCUT2D eigenvalue weighted by atomic mass is 9.97. The fraction of sp³-hybridized carbons (Fsp3) is 0.857. The lowest BCUT2D eigenvalue weighted by Gasteiger charge is -2.17.